The van der Waals surface area contributed by atoms with Crippen LogP contribution in [0.2, 0.25) is 0 Å². The summed E-state index contributed by atoms with van der Waals surface area (Å²) in [5.74, 6) is -0.401. The quantitative estimate of drug-likeness (QED) is 0.423. The third kappa shape index (κ3) is 6.94. The van der Waals surface area contributed by atoms with E-state index in [-0.39, 0.29) is 17.7 Å². The molecular weight excluding hydrogens is 404 g/mol. The minimum absolute atomic E-state index is 0.125. The van der Waals surface area contributed by atoms with Crippen molar-refractivity contribution < 1.29 is 19.1 Å². The van der Waals surface area contributed by atoms with Gasteiger partial charge in [-0.05, 0) is 55.2 Å². The molecule has 0 radical (unpaired) electrons. The maximum absolute atomic E-state index is 12.6. The highest BCUT2D eigenvalue weighted by atomic mass is 16.5. The predicted octanol–water partition coefficient (Wildman–Crippen LogP) is 5.09. The maximum atomic E-state index is 12.6. The zero-order valence-corrected chi connectivity index (χ0v) is 18.7. The van der Waals surface area contributed by atoms with Gasteiger partial charge in [0.25, 0.3) is 5.91 Å². The van der Waals surface area contributed by atoms with Crippen LogP contribution < -0.4 is 10.6 Å². The van der Waals surface area contributed by atoms with Gasteiger partial charge in [-0.15, -0.1) is 0 Å². The molecular formula is C26H32N2O4. The molecule has 0 aliphatic heterocycles. The van der Waals surface area contributed by atoms with Gasteiger partial charge >= 0.3 is 5.97 Å². The van der Waals surface area contributed by atoms with Crippen molar-refractivity contribution in [3.05, 3.63) is 65.2 Å². The van der Waals surface area contributed by atoms with Crippen LogP contribution in [0.4, 0.5) is 5.69 Å². The summed E-state index contributed by atoms with van der Waals surface area (Å²) in [6.45, 7) is 2.88. The number of hydrogen-bond donors (Lipinski definition) is 2. The fraction of sp³-hybridized carbons (Fsp3) is 0.423. The summed E-state index contributed by atoms with van der Waals surface area (Å²) in [5, 5.41) is 5.83. The van der Waals surface area contributed by atoms with E-state index in [0.717, 1.165) is 44.1 Å². The normalized spacial score (nSPS) is 13.9. The second-order valence-corrected chi connectivity index (χ2v) is 8.27. The first-order chi connectivity index (χ1) is 15.6. The molecule has 3 rings (SSSR count). The summed E-state index contributed by atoms with van der Waals surface area (Å²) in [6, 6.07) is 13.9. The monoisotopic (exact) mass is 436 g/mol. The van der Waals surface area contributed by atoms with Gasteiger partial charge in [0.1, 0.15) is 0 Å². The maximum Gasteiger partial charge on any atom is 0.338 e. The van der Waals surface area contributed by atoms with Crippen LogP contribution in [0.1, 0.15) is 78.1 Å². The van der Waals surface area contributed by atoms with Gasteiger partial charge in [-0.25, -0.2) is 4.79 Å². The topological polar surface area (TPSA) is 84.5 Å². The van der Waals surface area contributed by atoms with Gasteiger partial charge in [0.2, 0.25) is 5.91 Å². The van der Waals surface area contributed by atoms with Crippen LogP contribution in [0.5, 0.6) is 0 Å². The minimum Gasteiger partial charge on any atom is -0.462 e. The third-order valence-corrected chi connectivity index (χ3v) is 5.75. The van der Waals surface area contributed by atoms with E-state index in [4.69, 9.17) is 4.74 Å². The highest BCUT2D eigenvalue weighted by Gasteiger charge is 2.20. The van der Waals surface area contributed by atoms with Crippen LogP contribution >= 0.6 is 0 Å². The number of carbonyl (C=O) groups excluding carboxylic acids is 3. The van der Waals surface area contributed by atoms with Crippen LogP contribution in [0, 0.1) is 5.92 Å². The first-order valence-corrected chi connectivity index (χ1v) is 11.5. The molecule has 0 spiro atoms. The Morgan fingerprint density at radius 1 is 0.969 bits per heavy atom. The average molecular weight is 437 g/mol. The largest absolute Gasteiger partial charge is 0.462 e. The molecule has 2 amide bonds. The van der Waals surface area contributed by atoms with Crippen molar-refractivity contribution in [1.82, 2.24) is 5.32 Å². The number of nitrogens with one attached hydrogen (secondary N) is 2. The lowest BCUT2D eigenvalue weighted by Crippen LogP contribution is -2.31. The fourth-order valence-corrected chi connectivity index (χ4v) is 3.79. The molecule has 0 bridgehead atoms. The molecule has 1 fully saturated rings. The molecule has 2 N–H and O–H groups in total. The molecule has 1 aliphatic rings. The van der Waals surface area contributed by atoms with Gasteiger partial charge in [-0.3, -0.25) is 9.59 Å². The van der Waals surface area contributed by atoms with Crippen molar-refractivity contribution in [2.45, 2.75) is 58.4 Å². The first-order valence-electron chi connectivity index (χ1n) is 11.5. The Labute approximate surface area is 189 Å². The number of anilines is 1. The van der Waals surface area contributed by atoms with Crippen molar-refractivity contribution >= 4 is 23.5 Å². The van der Waals surface area contributed by atoms with E-state index in [1.807, 2.05) is 19.1 Å². The van der Waals surface area contributed by atoms with Crippen molar-refractivity contribution in [2.24, 2.45) is 5.92 Å². The Morgan fingerprint density at radius 2 is 1.72 bits per heavy atom. The molecule has 2 aromatic rings. The van der Waals surface area contributed by atoms with Crippen LogP contribution in [-0.2, 0) is 16.1 Å². The molecule has 0 unspecified atom stereocenters. The van der Waals surface area contributed by atoms with E-state index < -0.39 is 5.97 Å². The van der Waals surface area contributed by atoms with E-state index in [2.05, 4.69) is 10.6 Å². The number of ether oxygens (including phenoxy) is 1. The van der Waals surface area contributed by atoms with Gasteiger partial charge in [0.05, 0.1) is 12.2 Å². The van der Waals surface area contributed by atoms with Crippen LogP contribution in [0.15, 0.2) is 48.5 Å². The Hall–Kier alpha value is -3.15. The van der Waals surface area contributed by atoms with Gasteiger partial charge in [0.15, 0.2) is 0 Å². The van der Waals surface area contributed by atoms with E-state index in [9.17, 15) is 14.4 Å². The number of benzene rings is 2. The molecule has 0 aromatic heterocycles. The second-order valence-electron chi connectivity index (χ2n) is 8.27. The SMILES string of the molecule is CCCCOC(=O)c1cccc(NC(=O)c2ccc(CNC(=O)C3CCCCC3)cc2)c1. The minimum atomic E-state index is -0.394. The molecule has 1 saturated carbocycles. The Bertz CT molecular complexity index is 918. The van der Waals surface area contributed by atoms with Crippen LogP contribution in [0.25, 0.3) is 0 Å². The Morgan fingerprint density at radius 3 is 2.44 bits per heavy atom. The molecule has 0 saturated heterocycles. The zero-order chi connectivity index (χ0) is 22.8. The van der Waals surface area contributed by atoms with Gasteiger partial charge in [-0.1, -0.05) is 50.8 Å². The number of carbonyl (C=O) groups is 3. The number of unbranched alkanes of at least 4 members (excludes halogenated alkanes) is 1. The van der Waals surface area contributed by atoms with Crippen molar-refractivity contribution in [3.63, 3.8) is 0 Å². The van der Waals surface area contributed by atoms with E-state index in [1.165, 1.54) is 6.42 Å². The predicted molar refractivity (Wildman–Crippen MR) is 124 cm³/mol. The molecule has 6 nitrogen and oxygen atoms in total. The molecule has 170 valence electrons. The van der Waals surface area contributed by atoms with Gasteiger partial charge < -0.3 is 15.4 Å². The third-order valence-electron chi connectivity index (χ3n) is 5.75. The molecule has 32 heavy (non-hydrogen) atoms. The molecule has 2 aromatic carbocycles. The molecule has 0 heterocycles. The van der Waals surface area contributed by atoms with Gasteiger partial charge in [-0.2, -0.15) is 0 Å². The summed E-state index contributed by atoms with van der Waals surface area (Å²) in [6.07, 6.45) is 7.21. The van der Waals surface area contributed by atoms with Crippen molar-refractivity contribution in [1.29, 1.82) is 0 Å². The summed E-state index contributed by atoms with van der Waals surface area (Å²) < 4.78 is 5.22. The molecule has 1 aliphatic carbocycles. The lowest BCUT2D eigenvalue weighted by Gasteiger charge is -2.20. The average Bonchev–Trinajstić information content (AvgIpc) is 2.83. The summed E-state index contributed by atoms with van der Waals surface area (Å²) in [7, 11) is 0. The summed E-state index contributed by atoms with van der Waals surface area (Å²) >= 11 is 0. The van der Waals surface area contributed by atoms with Crippen LogP contribution in [-0.4, -0.2) is 24.4 Å². The molecule has 0 atom stereocenters. The van der Waals surface area contributed by atoms with Crippen molar-refractivity contribution in [2.75, 3.05) is 11.9 Å². The first kappa shape index (κ1) is 23.5. The Kier molecular flexibility index (Phi) is 8.84. The van der Waals surface area contributed by atoms with Gasteiger partial charge in [0, 0.05) is 23.7 Å². The molecule has 6 heteroatoms. The summed E-state index contributed by atoms with van der Waals surface area (Å²) in [5.41, 5.74) is 2.39. The lowest BCUT2D eigenvalue weighted by atomic mass is 9.88. The smallest absolute Gasteiger partial charge is 0.338 e. The number of amides is 2. The number of esters is 1. The fourth-order valence-electron chi connectivity index (χ4n) is 3.79. The lowest BCUT2D eigenvalue weighted by molar-refractivity contribution is -0.126. The van der Waals surface area contributed by atoms with Crippen molar-refractivity contribution in [3.8, 4) is 0 Å². The summed E-state index contributed by atoms with van der Waals surface area (Å²) in [4.78, 5) is 37.0. The number of hydrogen-bond acceptors (Lipinski definition) is 4. The second kappa shape index (κ2) is 12.0. The highest BCUT2D eigenvalue weighted by molar-refractivity contribution is 6.04. The van der Waals surface area contributed by atoms with E-state index >= 15 is 0 Å². The van der Waals surface area contributed by atoms with Crippen LogP contribution in [0.3, 0.4) is 0 Å². The highest BCUT2D eigenvalue weighted by Crippen LogP contribution is 2.23. The number of rotatable bonds is 9. The van der Waals surface area contributed by atoms with E-state index in [1.54, 1.807) is 36.4 Å². The Balaban J connectivity index is 1.51. The van der Waals surface area contributed by atoms with E-state index in [0.29, 0.717) is 30.0 Å². The zero-order valence-electron chi connectivity index (χ0n) is 18.7. The standard InChI is InChI=1S/C26H32N2O4/c1-2-3-16-32-26(31)22-10-7-11-23(17-22)28-25(30)21-14-12-19(13-15-21)18-27-24(29)20-8-5-4-6-9-20/h7,10-15,17,20H,2-6,8-9,16,18H2,1H3,(H,27,29)(H,28,30).